The van der Waals surface area contributed by atoms with Crippen molar-refractivity contribution in [2.45, 2.75) is 10.9 Å². The van der Waals surface area contributed by atoms with E-state index in [1.54, 1.807) is 30.1 Å². The number of hydrogen-bond acceptors (Lipinski definition) is 7. The van der Waals surface area contributed by atoms with Crippen molar-refractivity contribution in [1.82, 2.24) is 25.2 Å². The van der Waals surface area contributed by atoms with Gasteiger partial charge in [-0.1, -0.05) is 11.8 Å². The molecule has 0 saturated carbocycles. The first kappa shape index (κ1) is 17.2. The minimum Gasteiger partial charge on any atom is -0.497 e. The van der Waals surface area contributed by atoms with Crippen LogP contribution in [0.3, 0.4) is 0 Å². The predicted molar refractivity (Wildman–Crippen MR) is 97.2 cm³/mol. The quantitative estimate of drug-likeness (QED) is 0.469. The number of rotatable bonds is 6. The Morgan fingerprint density at radius 1 is 1.11 bits per heavy atom. The maximum atomic E-state index is 13.0. The highest BCUT2D eigenvalue weighted by molar-refractivity contribution is 7.98. The summed E-state index contributed by atoms with van der Waals surface area (Å²) in [6, 6.07) is 13.5. The zero-order valence-corrected chi connectivity index (χ0v) is 15.1. The normalized spacial score (nSPS) is 10.9. The minimum atomic E-state index is -0.292. The minimum absolute atomic E-state index is 0.292. The molecule has 2 heterocycles. The molecule has 4 aromatic rings. The number of hydrogen-bond donors (Lipinski definition) is 0. The van der Waals surface area contributed by atoms with Crippen LogP contribution in [0.5, 0.6) is 5.75 Å². The number of oxazole rings is 1. The maximum Gasteiger partial charge on any atom is 0.214 e. The summed E-state index contributed by atoms with van der Waals surface area (Å²) in [6.45, 7) is 0. The predicted octanol–water partition coefficient (Wildman–Crippen LogP) is 3.76. The number of benzene rings is 2. The van der Waals surface area contributed by atoms with Crippen LogP contribution in [-0.4, -0.2) is 32.3 Å². The molecule has 2 aromatic carbocycles. The average molecular weight is 383 g/mol. The molecule has 0 aliphatic heterocycles. The van der Waals surface area contributed by atoms with Crippen molar-refractivity contribution in [3.8, 4) is 22.8 Å². The molecule has 2 aromatic heterocycles. The molecule has 9 heteroatoms. The van der Waals surface area contributed by atoms with Crippen molar-refractivity contribution < 1.29 is 13.5 Å². The number of aromatic nitrogens is 5. The fourth-order valence-corrected chi connectivity index (χ4v) is 3.15. The first-order valence-electron chi connectivity index (χ1n) is 7.99. The second-order valence-corrected chi connectivity index (χ2v) is 6.43. The molecular formula is C18H14FN5O2S. The Bertz CT molecular complexity index is 1030. The van der Waals surface area contributed by atoms with Crippen LogP contribution in [0, 0.1) is 5.82 Å². The van der Waals surface area contributed by atoms with Gasteiger partial charge in [-0.15, -0.1) is 5.10 Å². The van der Waals surface area contributed by atoms with E-state index in [9.17, 15) is 4.39 Å². The zero-order valence-electron chi connectivity index (χ0n) is 14.2. The van der Waals surface area contributed by atoms with E-state index in [-0.39, 0.29) is 5.82 Å². The van der Waals surface area contributed by atoms with Crippen LogP contribution < -0.4 is 4.74 Å². The number of halogens is 1. The van der Waals surface area contributed by atoms with Gasteiger partial charge in [-0.25, -0.2) is 9.37 Å². The van der Waals surface area contributed by atoms with Crippen LogP contribution in [0.1, 0.15) is 5.89 Å². The molecule has 0 amide bonds. The fourth-order valence-electron chi connectivity index (χ4n) is 2.41. The van der Waals surface area contributed by atoms with E-state index in [0.717, 1.165) is 17.0 Å². The lowest BCUT2D eigenvalue weighted by Crippen LogP contribution is -1.99. The summed E-state index contributed by atoms with van der Waals surface area (Å²) in [5, 5.41) is 12.4. The van der Waals surface area contributed by atoms with Crippen molar-refractivity contribution in [1.29, 1.82) is 0 Å². The van der Waals surface area contributed by atoms with Gasteiger partial charge in [-0.05, 0) is 59.0 Å². The summed E-state index contributed by atoms with van der Waals surface area (Å²) in [4.78, 5) is 4.26. The number of ether oxygens (including phenoxy) is 1. The van der Waals surface area contributed by atoms with Gasteiger partial charge in [0.25, 0.3) is 0 Å². The molecule has 0 spiro atoms. The van der Waals surface area contributed by atoms with Gasteiger partial charge in [0.05, 0.1) is 24.7 Å². The summed E-state index contributed by atoms with van der Waals surface area (Å²) in [5.41, 5.74) is 1.59. The molecule has 27 heavy (non-hydrogen) atoms. The Hall–Kier alpha value is -3.20. The van der Waals surface area contributed by atoms with E-state index in [4.69, 9.17) is 9.15 Å². The number of thioether (sulfide) groups is 1. The lowest BCUT2D eigenvalue weighted by atomic mass is 10.2. The Balaban J connectivity index is 1.47. The highest BCUT2D eigenvalue weighted by atomic mass is 32.2. The van der Waals surface area contributed by atoms with E-state index < -0.39 is 0 Å². The third-order valence-electron chi connectivity index (χ3n) is 3.76. The standard InChI is InChI=1S/C18H14FN5O2S/c1-25-15-8-6-14(7-9-15)24-18(21-22-23-24)27-11-17-20-10-16(26-17)12-2-4-13(19)5-3-12/h2-10H,11H2,1H3. The summed E-state index contributed by atoms with van der Waals surface area (Å²) in [6.07, 6.45) is 1.62. The first-order valence-corrected chi connectivity index (χ1v) is 8.98. The average Bonchev–Trinajstić information content (AvgIpc) is 3.36. The molecular weight excluding hydrogens is 369 g/mol. The van der Waals surface area contributed by atoms with Gasteiger partial charge >= 0.3 is 0 Å². The van der Waals surface area contributed by atoms with Crippen molar-refractivity contribution >= 4 is 11.8 Å². The van der Waals surface area contributed by atoms with Crippen molar-refractivity contribution in [2.75, 3.05) is 7.11 Å². The highest BCUT2D eigenvalue weighted by Crippen LogP contribution is 2.26. The zero-order chi connectivity index (χ0) is 18.6. The van der Waals surface area contributed by atoms with E-state index in [1.165, 1.54) is 23.9 Å². The van der Waals surface area contributed by atoms with Gasteiger partial charge in [0.15, 0.2) is 5.76 Å². The number of nitrogens with zero attached hydrogens (tertiary/aromatic N) is 5. The number of tetrazole rings is 1. The summed E-state index contributed by atoms with van der Waals surface area (Å²) in [5.74, 6) is 2.04. The molecule has 0 N–H and O–H groups in total. The molecule has 0 aliphatic carbocycles. The monoisotopic (exact) mass is 383 g/mol. The van der Waals surface area contributed by atoms with Crippen LogP contribution in [0.15, 0.2) is 64.3 Å². The maximum absolute atomic E-state index is 13.0. The van der Waals surface area contributed by atoms with Gasteiger partial charge in [0.1, 0.15) is 11.6 Å². The van der Waals surface area contributed by atoms with Gasteiger partial charge < -0.3 is 9.15 Å². The van der Waals surface area contributed by atoms with E-state index in [0.29, 0.717) is 22.6 Å². The lowest BCUT2D eigenvalue weighted by molar-refractivity contribution is 0.414. The van der Waals surface area contributed by atoms with Crippen LogP contribution in [0.25, 0.3) is 17.0 Å². The second kappa shape index (κ2) is 7.58. The fraction of sp³-hybridized carbons (Fsp3) is 0.111. The Morgan fingerprint density at radius 3 is 2.63 bits per heavy atom. The van der Waals surface area contributed by atoms with Crippen LogP contribution >= 0.6 is 11.8 Å². The molecule has 0 radical (unpaired) electrons. The van der Waals surface area contributed by atoms with Gasteiger partial charge in [-0.2, -0.15) is 4.68 Å². The second-order valence-electron chi connectivity index (χ2n) is 5.49. The lowest BCUT2D eigenvalue weighted by Gasteiger charge is -2.04. The van der Waals surface area contributed by atoms with Gasteiger partial charge in [0.2, 0.25) is 11.0 Å². The SMILES string of the molecule is COc1ccc(-n2nnnc2SCc2ncc(-c3ccc(F)cc3)o2)cc1. The van der Waals surface area contributed by atoms with Crippen LogP contribution in [0.2, 0.25) is 0 Å². The Labute approximate surface area is 158 Å². The van der Waals surface area contributed by atoms with Gasteiger partial charge in [-0.3, -0.25) is 0 Å². The van der Waals surface area contributed by atoms with E-state index in [1.807, 2.05) is 24.3 Å². The molecule has 7 nitrogen and oxygen atoms in total. The van der Waals surface area contributed by atoms with Crippen molar-refractivity contribution in [2.24, 2.45) is 0 Å². The first-order chi connectivity index (χ1) is 13.2. The van der Waals surface area contributed by atoms with E-state index >= 15 is 0 Å². The smallest absolute Gasteiger partial charge is 0.214 e. The topological polar surface area (TPSA) is 78.9 Å². The van der Waals surface area contributed by atoms with Crippen molar-refractivity contribution in [3.63, 3.8) is 0 Å². The highest BCUT2D eigenvalue weighted by Gasteiger charge is 2.12. The third-order valence-corrected chi connectivity index (χ3v) is 4.67. The molecule has 0 saturated heterocycles. The van der Waals surface area contributed by atoms with Crippen molar-refractivity contribution in [3.05, 3.63) is 66.4 Å². The molecule has 0 unspecified atom stereocenters. The summed E-state index contributed by atoms with van der Waals surface area (Å²) in [7, 11) is 1.61. The third kappa shape index (κ3) is 3.82. The van der Waals surface area contributed by atoms with Gasteiger partial charge in [0, 0.05) is 5.56 Å². The Kier molecular flexibility index (Phi) is 4.84. The van der Waals surface area contributed by atoms with E-state index in [2.05, 4.69) is 20.5 Å². The number of methoxy groups -OCH3 is 1. The summed E-state index contributed by atoms with van der Waals surface area (Å²) >= 11 is 1.40. The molecule has 0 bridgehead atoms. The molecule has 0 fully saturated rings. The van der Waals surface area contributed by atoms with Crippen LogP contribution in [-0.2, 0) is 5.75 Å². The molecule has 0 aliphatic rings. The molecule has 4 rings (SSSR count). The van der Waals surface area contributed by atoms with Crippen LogP contribution in [0.4, 0.5) is 4.39 Å². The largest absolute Gasteiger partial charge is 0.497 e. The molecule has 136 valence electrons. The molecule has 0 atom stereocenters. The Morgan fingerprint density at radius 2 is 1.89 bits per heavy atom. The summed E-state index contributed by atoms with van der Waals surface area (Å²) < 4.78 is 25.6.